The number of nitrogens with zero attached hydrogens (tertiary/aromatic N) is 4. The number of thiophene rings is 1. The molecule has 23 heavy (non-hydrogen) atoms. The van der Waals surface area contributed by atoms with Crippen LogP contribution in [0.4, 0.5) is 5.69 Å². The third-order valence-electron chi connectivity index (χ3n) is 4.42. The monoisotopic (exact) mass is 346 g/mol. The Morgan fingerprint density at radius 3 is 2.87 bits per heavy atom. The molecule has 120 valence electrons. The molecule has 4 rings (SSSR count). The number of aromatic nitrogens is 1. The molecule has 0 fully saturated rings. The van der Waals surface area contributed by atoms with Gasteiger partial charge >= 0.3 is 0 Å². The summed E-state index contributed by atoms with van der Waals surface area (Å²) in [5.41, 5.74) is 4.58. The van der Waals surface area contributed by atoms with Crippen LogP contribution in [-0.2, 0) is 0 Å². The Bertz CT molecular complexity index is 869. The van der Waals surface area contributed by atoms with E-state index in [1.807, 2.05) is 0 Å². The molecule has 0 aromatic carbocycles. The Balaban J connectivity index is 1.98. The summed E-state index contributed by atoms with van der Waals surface area (Å²) in [6.45, 7) is 8.15. The SMILES string of the molecule is Cc1nc2sc3c(c2c(C)c1C)N=C(SCCO)N1CCN=C31. The Morgan fingerprint density at radius 1 is 1.26 bits per heavy atom. The maximum Gasteiger partial charge on any atom is 0.170 e. The van der Waals surface area contributed by atoms with E-state index >= 15 is 0 Å². The van der Waals surface area contributed by atoms with Crippen LogP contribution in [0.5, 0.6) is 0 Å². The van der Waals surface area contributed by atoms with Gasteiger partial charge < -0.3 is 10.0 Å². The van der Waals surface area contributed by atoms with Gasteiger partial charge in [-0.3, -0.25) is 4.99 Å². The van der Waals surface area contributed by atoms with Crippen molar-refractivity contribution in [1.29, 1.82) is 0 Å². The number of aliphatic hydroxyl groups is 1. The van der Waals surface area contributed by atoms with Crippen molar-refractivity contribution in [2.45, 2.75) is 20.8 Å². The molecule has 0 aliphatic carbocycles. The zero-order chi connectivity index (χ0) is 16.1. The molecule has 0 bridgehead atoms. The van der Waals surface area contributed by atoms with Gasteiger partial charge in [-0.05, 0) is 31.9 Å². The van der Waals surface area contributed by atoms with Crippen LogP contribution in [-0.4, -0.2) is 51.4 Å². The number of aliphatic hydroxyl groups excluding tert-OH is 1. The number of aliphatic imine (C=N–C) groups is 2. The van der Waals surface area contributed by atoms with Crippen molar-refractivity contribution in [2.24, 2.45) is 9.98 Å². The Morgan fingerprint density at radius 2 is 2.09 bits per heavy atom. The van der Waals surface area contributed by atoms with Crippen molar-refractivity contribution in [1.82, 2.24) is 9.88 Å². The summed E-state index contributed by atoms with van der Waals surface area (Å²) in [5.74, 6) is 1.67. The molecule has 0 amide bonds. The Kier molecular flexibility index (Phi) is 3.66. The minimum atomic E-state index is 0.153. The van der Waals surface area contributed by atoms with Gasteiger partial charge in [-0.1, -0.05) is 11.8 Å². The molecule has 0 atom stereocenters. The van der Waals surface area contributed by atoms with E-state index in [4.69, 9.17) is 20.1 Å². The van der Waals surface area contributed by atoms with Crippen molar-refractivity contribution >= 4 is 50.0 Å². The summed E-state index contributed by atoms with van der Waals surface area (Å²) < 4.78 is 0. The lowest BCUT2D eigenvalue weighted by Gasteiger charge is -2.25. The van der Waals surface area contributed by atoms with Crippen molar-refractivity contribution in [2.75, 3.05) is 25.4 Å². The highest BCUT2D eigenvalue weighted by Crippen LogP contribution is 2.44. The molecule has 1 N–H and O–H groups in total. The van der Waals surface area contributed by atoms with Crippen LogP contribution in [0.15, 0.2) is 9.98 Å². The van der Waals surface area contributed by atoms with Gasteiger partial charge in [-0.2, -0.15) is 0 Å². The van der Waals surface area contributed by atoms with Crippen LogP contribution in [0.3, 0.4) is 0 Å². The van der Waals surface area contributed by atoms with Crippen molar-refractivity contribution in [3.63, 3.8) is 0 Å². The second kappa shape index (κ2) is 5.58. The number of rotatable bonds is 2. The highest BCUT2D eigenvalue weighted by atomic mass is 32.2. The summed E-state index contributed by atoms with van der Waals surface area (Å²) in [6, 6.07) is 0. The molecule has 2 aliphatic rings. The number of thioether (sulfide) groups is 1. The van der Waals surface area contributed by atoms with Gasteiger partial charge in [0.15, 0.2) is 5.17 Å². The predicted molar refractivity (Wildman–Crippen MR) is 98.6 cm³/mol. The largest absolute Gasteiger partial charge is 0.396 e. The lowest BCUT2D eigenvalue weighted by atomic mass is 10.0. The second-order valence-corrected chi connectivity index (χ2v) is 7.79. The quantitative estimate of drug-likeness (QED) is 0.908. The molecule has 5 nitrogen and oxygen atoms in total. The molecular formula is C16H18N4OS2. The number of hydrogen-bond donors (Lipinski definition) is 1. The van der Waals surface area contributed by atoms with E-state index in [1.165, 1.54) is 11.1 Å². The van der Waals surface area contributed by atoms with Gasteiger partial charge in [0.2, 0.25) is 0 Å². The van der Waals surface area contributed by atoms with Gasteiger partial charge in [0.25, 0.3) is 0 Å². The van der Waals surface area contributed by atoms with Gasteiger partial charge in [0.05, 0.1) is 23.7 Å². The minimum absolute atomic E-state index is 0.153. The third-order valence-corrected chi connectivity index (χ3v) is 6.44. The van der Waals surface area contributed by atoms with E-state index in [-0.39, 0.29) is 6.61 Å². The number of fused-ring (bicyclic) bond motifs is 5. The molecule has 0 radical (unpaired) electrons. The van der Waals surface area contributed by atoms with Crippen LogP contribution in [0.2, 0.25) is 0 Å². The average Bonchev–Trinajstić information content (AvgIpc) is 3.14. The minimum Gasteiger partial charge on any atom is -0.396 e. The summed E-state index contributed by atoms with van der Waals surface area (Å²) in [5, 5.41) is 11.2. The van der Waals surface area contributed by atoms with Crippen LogP contribution < -0.4 is 0 Å². The fourth-order valence-electron chi connectivity index (χ4n) is 3.01. The Hall–Kier alpha value is -1.44. The van der Waals surface area contributed by atoms with E-state index in [0.717, 1.165) is 50.6 Å². The second-order valence-electron chi connectivity index (χ2n) is 5.73. The topological polar surface area (TPSA) is 61.1 Å². The summed E-state index contributed by atoms with van der Waals surface area (Å²) in [4.78, 5) is 18.7. The molecule has 0 saturated heterocycles. The number of hydrogen-bond acceptors (Lipinski definition) is 7. The molecule has 2 aromatic heterocycles. The van der Waals surface area contributed by atoms with Crippen LogP contribution >= 0.6 is 23.1 Å². The molecule has 7 heteroatoms. The fraction of sp³-hybridized carbons (Fsp3) is 0.438. The molecule has 2 aliphatic heterocycles. The number of pyridine rings is 1. The van der Waals surface area contributed by atoms with E-state index < -0.39 is 0 Å². The van der Waals surface area contributed by atoms with Gasteiger partial charge in [-0.15, -0.1) is 11.3 Å². The van der Waals surface area contributed by atoms with E-state index in [1.54, 1.807) is 23.1 Å². The third kappa shape index (κ3) is 2.21. The first kappa shape index (κ1) is 15.1. The summed E-state index contributed by atoms with van der Waals surface area (Å²) >= 11 is 3.28. The van der Waals surface area contributed by atoms with Crippen molar-refractivity contribution in [3.05, 3.63) is 21.7 Å². The first-order valence-electron chi connectivity index (χ1n) is 7.66. The molecule has 0 saturated carbocycles. The van der Waals surface area contributed by atoms with Crippen molar-refractivity contribution in [3.8, 4) is 0 Å². The summed E-state index contributed by atoms with van der Waals surface area (Å²) in [6.07, 6.45) is 0. The van der Waals surface area contributed by atoms with Crippen LogP contribution in [0, 0.1) is 20.8 Å². The number of amidine groups is 2. The van der Waals surface area contributed by atoms with Gasteiger partial charge in [0.1, 0.15) is 10.7 Å². The first-order chi connectivity index (χ1) is 11.1. The van der Waals surface area contributed by atoms with Crippen LogP contribution in [0.1, 0.15) is 21.7 Å². The van der Waals surface area contributed by atoms with Gasteiger partial charge in [0, 0.05) is 23.4 Å². The highest BCUT2D eigenvalue weighted by Gasteiger charge is 2.33. The van der Waals surface area contributed by atoms with Crippen molar-refractivity contribution < 1.29 is 5.11 Å². The maximum absolute atomic E-state index is 9.14. The van der Waals surface area contributed by atoms with E-state index in [9.17, 15) is 0 Å². The lowest BCUT2D eigenvalue weighted by Crippen LogP contribution is -2.35. The molecule has 0 spiro atoms. The van der Waals surface area contributed by atoms with E-state index in [0.29, 0.717) is 5.75 Å². The standard InChI is InChI=1S/C16H18N4OS2/c1-8-9(2)11-12-13(23-15(11)18-10(8)3)14-17-4-5-20(14)16(19-12)22-7-6-21/h21H,4-7H2,1-3H3. The van der Waals surface area contributed by atoms with E-state index in [2.05, 4.69) is 25.7 Å². The molecular weight excluding hydrogens is 328 g/mol. The molecule has 4 heterocycles. The zero-order valence-electron chi connectivity index (χ0n) is 13.4. The lowest BCUT2D eigenvalue weighted by molar-refractivity contribution is 0.322. The smallest absolute Gasteiger partial charge is 0.170 e. The maximum atomic E-state index is 9.14. The first-order valence-corrected chi connectivity index (χ1v) is 9.47. The summed E-state index contributed by atoms with van der Waals surface area (Å²) in [7, 11) is 0. The molecule has 2 aromatic rings. The number of aryl methyl sites for hydroxylation is 2. The molecule has 0 unspecified atom stereocenters. The normalized spacial score (nSPS) is 16.4. The Labute approximate surface area is 143 Å². The predicted octanol–water partition coefficient (Wildman–Crippen LogP) is 3.01. The van der Waals surface area contributed by atoms with Gasteiger partial charge in [-0.25, -0.2) is 9.98 Å². The fourth-order valence-corrected chi connectivity index (χ4v) is 5.01. The average molecular weight is 346 g/mol. The van der Waals surface area contributed by atoms with Crippen LogP contribution in [0.25, 0.3) is 10.2 Å². The highest BCUT2D eigenvalue weighted by molar-refractivity contribution is 8.13. The zero-order valence-corrected chi connectivity index (χ0v) is 15.0.